The largest absolute Gasteiger partial charge is 0.495 e. The highest BCUT2D eigenvalue weighted by atomic mass is 35.5. The zero-order chi connectivity index (χ0) is 30.0. The molecule has 12 heteroatoms. The van der Waals surface area contributed by atoms with Crippen molar-refractivity contribution >= 4 is 51.0 Å². The van der Waals surface area contributed by atoms with Gasteiger partial charge in [-0.1, -0.05) is 41.9 Å². The molecule has 4 aromatic rings. The second-order valence-electron chi connectivity index (χ2n) is 8.70. The second-order valence-corrected chi connectivity index (χ2v) is 11.0. The van der Waals surface area contributed by atoms with E-state index in [2.05, 4.69) is 15.8 Å². The van der Waals surface area contributed by atoms with Crippen LogP contribution in [0.1, 0.15) is 5.56 Å². The number of nitrogens with zero attached hydrogens (tertiary/aromatic N) is 2. The van der Waals surface area contributed by atoms with E-state index in [1.165, 1.54) is 37.6 Å². The molecule has 4 aromatic carbocycles. The van der Waals surface area contributed by atoms with Gasteiger partial charge in [0, 0.05) is 5.02 Å². The van der Waals surface area contributed by atoms with Gasteiger partial charge in [-0.25, -0.2) is 13.8 Å². The predicted octanol–water partition coefficient (Wildman–Crippen LogP) is 4.71. The van der Waals surface area contributed by atoms with Gasteiger partial charge in [-0.15, -0.1) is 0 Å². The Hall–Kier alpha value is -4.87. The quantitative estimate of drug-likeness (QED) is 0.178. The molecule has 2 amide bonds. The number of nitrogens with one attached hydrogen (secondary N) is 2. The average molecular weight is 607 g/mol. The van der Waals surface area contributed by atoms with Gasteiger partial charge >= 0.3 is 0 Å². The summed E-state index contributed by atoms with van der Waals surface area (Å²) in [5.74, 6) is -0.00957. The van der Waals surface area contributed by atoms with E-state index in [-0.39, 0.29) is 23.1 Å². The number of hydrogen-bond donors (Lipinski definition) is 2. The van der Waals surface area contributed by atoms with Crippen LogP contribution in [0.15, 0.2) is 113 Å². The zero-order valence-electron chi connectivity index (χ0n) is 22.4. The maximum atomic E-state index is 13.3. The van der Waals surface area contributed by atoms with Gasteiger partial charge in [0.05, 0.1) is 29.6 Å². The van der Waals surface area contributed by atoms with Gasteiger partial charge in [-0.3, -0.25) is 13.9 Å². The van der Waals surface area contributed by atoms with E-state index in [4.69, 9.17) is 21.1 Å². The van der Waals surface area contributed by atoms with Gasteiger partial charge in [-0.2, -0.15) is 5.10 Å². The Labute approximate surface area is 248 Å². The van der Waals surface area contributed by atoms with Crippen molar-refractivity contribution in [1.82, 2.24) is 5.43 Å². The Kier molecular flexibility index (Phi) is 10.1. The van der Waals surface area contributed by atoms with Crippen LogP contribution in [-0.2, 0) is 19.6 Å². The highest BCUT2D eigenvalue weighted by molar-refractivity contribution is 7.92. The fourth-order valence-corrected chi connectivity index (χ4v) is 5.29. The third-order valence-corrected chi connectivity index (χ3v) is 7.81. The summed E-state index contributed by atoms with van der Waals surface area (Å²) >= 11 is 5.97. The van der Waals surface area contributed by atoms with E-state index in [1.807, 2.05) is 0 Å². The third-order valence-electron chi connectivity index (χ3n) is 5.77. The number of hydrogen-bond acceptors (Lipinski definition) is 7. The fraction of sp³-hybridized carbons (Fsp3) is 0.100. The first-order valence-corrected chi connectivity index (χ1v) is 14.4. The summed E-state index contributed by atoms with van der Waals surface area (Å²) in [6, 6.07) is 27.6. The number of sulfonamides is 1. The first kappa shape index (κ1) is 30.1. The Bertz CT molecular complexity index is 1650. The first-order valence-electron chi connectivity index (χ1n) is 12.6. The Balaban J connectivity index is 1.33. The number of anilines is 2. The molecule has 0 spiro atoms. The van der Waals surface area contributed by atoms with E-state index in [9.17, 15) is 18.0 Å². The van der Waals surface area contributed by atoms with Crippen molar-refractivity contribution < 1.29 is 27.5 Å². The average Bonchev–Trinajstić information content (AvgIpc) is 3.00. The molecule has 42 heavy (non-hydrogen) atoms. The van der Waals surface area contributed by atoms with Crippen LogP contribution in [-0.4, -0.2) is 46.7 Å². The van der Waals surface area contributed by atoms with Crippen LogP contribution in [0.5, 0.6) is 11.5 Å². The lowest BCUT2D eigenvalue weighted by Gasteiger charge is -2.23. The lowest BCUT2D eigenvalue weighted by molar-refractivity contribution is -0.119. The van der Waals surface area contributed by atoms with E-state index in [0.717, 1.165) is 4.31 Å². The lowest BCUT2D eigenvalue weighted by Crippen LogP contribution is -2.39. The molecule has 0 fully saturated rings. The summed E-state index contributed by atoms with van der Waals surface area (Å²) in [6.07, 6.45) is 1.40. The molecular formula is C30H27ClN4O6S. The Morgan fingerprint density at radius 1 is 0.881 bits per heavy atom. The molecule has 216 valence electrons. The highest BCUT2D eigenvalue weighted by Crippen LogP contribution is 2.25. The molecule has 0 bridgehead atoms. The smallest absolute Gasteiger partial charge is 0.264 e. The van der Waals surface area contributed by atoms with Gasteiger partial charge in [0.25, 0.3) is 21.8 Å². The minimum atomic E-state index is -4.05. The summed E-state index contributed by atoms with van der Waals surface area (Å²) < 4.78 is 38.4. The molecule has 0 unspecified atom stereocenters. The summed E-state index contributed by atoms with van der Waals surface area (Å²) in [5, 5.41) is 7.10. The molecule has 0 radical (unpaired) electrons. The molecule has 0 aliphatic rings. The highest BCUT2D eigenvalue weighted by Gasteiger charge is 2.27. The van der Waals surface area contributed by atoms with Crippen molar-refractivity contribution in [2.45, 2.75) is 4.90 Å². The molecule has 2 N–H and O–H groups in total. The number of carbonyl (C=O) groups excluding carboxylic acids is 2. The molecule has 0 saturated carbocycles. The molecule has 0 aromatic heterocycles. The molecule has 0 saturated heterocycles. The third kappa shape index (κ3) is 8.09. The van der Waals surface area contributed by atoms with Crippen molar-refractivity contribution in [3.05, 3.63) is 114 Å². The van der Waals surface area contributed by atoms with Crippen LogP contribution in [0.2, 0.25) is 5.02 Å². The fourth-order valence-electron chi connectivity index (χ4n) is 3.72. The van der Waals surface area contributed by atoms with E-state index in [0.29, 0.717) is 27.8 Å². The lowest BCUT2D eigenvalue weighted by atomic mass is 10.2. The van der Waals surface area contributed by atoms with Gasteiger partial charge in [0.15, 0.2) is 6.61 Å². The number of methoxy groups -OCH3 is 1. The van der Waals surface area contributed by atoms with Gasteiger partial charge in [0.2, 0.25) is 0 Å². The summed E-state index contributed by atoms with van der Waals surface area (Å²) in [4.78, 5) is 25.0. The predicted molar refractivity (Wildman–Crippen MR) is 162 cm³/mol. The van der Waals surface area contributed by atoms with Crippen molar-refractivity contribution in [3.63, 3.8) is 0 Å². The van der Waals surface area contributed by atoms with Crippen molar-refractivity contribution in [1.29, 1.82) is 0 Å². The number of para-hydroxylation sites is 2. The van der Waals surface area contributed by atoms with E-state index >= 15 is 0 Å². The number of amides is 2. The molecule has 4 rings (SSSR count). The minimum Gasteiger partial charge on any atom is -0.495 e. The normalized spacial score (nSPS) is 11.1. The number of halogens is 1. The first-order chi connectivity index (χ1) is 20.3. The van der Waals surface area contributed by atoms with Crippen LogP contribution in [0.3, 0.4) is 0 Å². The standard InChI is InChI=1S/C30H27ClN4O6S/c1-40-28-10-6-5-9-27(28)33-30(37)21-41-25-17-11-22(12-18-25)19-32-34-29(36)20-35(24-15-13-23(31)14-16-24)42(38,39)26-7-3-2-4-8-26/h2-19H,20-21H2,1H3,(H,33,37)(H,34,36)/b32-19-. The monoisotopic (exact) mass is 606 g/mol. The molecule has 0 aliphatic heterocycles. The Morgan fingerprint density at radius 2 is 1.55 bits per heavy atom. The topological polar surface area (TPSA) is 126 Å². The number of carbonyl (C=O) groups is 2. The molecule has 0 heterocycles. The number of hydrazone groups is 1. The van der Waals surface area contributed by atoms with Crippen molar-refractivity contribution in [2.75, 3.05) is 29.9 Å². The van der Waals surface area contributed by atoms with Gasteiger partial charge in [0.1, 0.15) is 18.0 Å². The zero-order valence-corrected chi connectivity index (χ0v) is 24.0. The van der Waals surface area contributed by atoms with E-state index in [1.54, 1.807) is 78.9 Å². The van der Waals surface area contributed by atoms with Crippen LogP contribution < -0.4 is 24.5 Å². The van der Waals surface area contributed by atoms with Crippen LogP contribution >= 0.6 is 11.6 Å². The van der Waals surface area contributed by atoms with Crippen molar-refractivity contribution in [2.24, 2.45) is 5.10 Å². The van der Waals surface area contributed by atoms with Crippen molar-refractivity contribution in [3.8, 4) is 11.5 Å². The molecule has 0 atom stereocenters. The summed E-state index contributed by atoms with van der Waals surface area (Å²) in [6.45, 7) is -0.725. The van der Waals surface area contributed by atoms with Gasteiger partial charge < -0.3 is 14.8 Å². The minimum absolute atomic E-state index is 0.0378. The van der Waals surface area contributed by atoms with Gasteiger partial charge in [-0.05, 0) is 78.4 Å². The summed E-state index contributed by atoms with van der Waals surface area (Å²) in [5.41, 5.74) is 3.80. The van der Waals surface area contributed by atoms with Crippen LogP contribution in [0, 0.1) is 0 Å². The number of rotatable bonds is 12. The van der Waals surface area contributed by atoms with Crippen LogP contribution in [0.4, 0.5) is 11.4 Å². The van der Waals surface area contributed by atoms with E-state index < -0.39 is 22.5 Å². The Morgan fingerprint density at radius 3 is 2.24 bits per heavy atom. The molecular weight excluding hydrogens is 580 g/mol. The molecule has 0 aliphatic carbocycles. The summed E-state index contributed by atoms with van der Waals surface area (Å²) in [7, 11) is -2.53. The SMILES string of the molecule is COc1ccccc1NC(=O)COc1ccc(/C=N\NC(=O)CN(c2ccc(Cl)cc2)S(=O)(=O)c2ccccc2)cc1. The maximum Gasteiger partial charge on any atom is 0.264 e. The number of benzene rings is 4. The second kappa shape index (κ2) is 14.2. The molecule has 10 nitrogen and oxygen atoms in total. The maximum absolute atomic E-state index is 13.3. The number of ether oxygens (including phenoxy) is 2. The van der Waals surface area contributed by atoms with Crippen LogP contribution in [0.25, 0.3) is 0 Å².